The molecule has 16 heavy (non-hydrogen) atoms. The van der Waals surface area contributed by atoms with Gasteiger partial charge in [-0.1, -0.05) is 0 Å². The molecule has 0 unspecified atom stereocenters. The van der Waals surface area contributed by atoms with Gasteiger partial charge in [-0.05, 0) is 30.2 Å². The standard InChI is InChI=1S/C12H16N2O2/c1-14(5-2-6-15)10-3-4-11-9(7-10)8-12(16)13-11/h3-4,7,15H,2,5-6,8H2,1H3,(H,13,16). The van der Waals surface area contributed by atoms with Gasteiger partial charge in [0.2, 0.25) is 5.91 Å². The number of hydrogen-bond acceptors (Lipinski definition) is 3. The first-order chi connectivity index (χ1) is 7.70. The maximum Gasteiger partial charge on any atom is 0.228 e. The lowest BCUT2D eigenvalue weighted by Crippen LogP contribution is -2.19. The second-order valence-corrected chi connectivity index (χ2v) is 4.07. The first kappa shape index (κ1) is 11.0. The molecule has 0 aromatic heterocycles. The van der Waals surface area contributed by atoms with Gasteiger partial charge in [0.15, 0.2) is 0 Å². The number of nitrogens with zero attached hydrogens (tertiary/aromatic N) is 1. The van der Waals surface area contributed by atoms with E-state index in [1.165, 1.54) is 0 Å². The van der Waals surface area contributed by atoms with E-state index in [1.807, 2.05) is 25.2 Å². The van der Waals surface area contributed by atoms with E-state index in [2.05, 4.69) is 10.2 Å². The van der Waals surface area contributed by atoms with Crippen molar-refractivity contribution >= 4 is 17.3 Å². The number of carbonyl (C=O) groups excluding carboxylic acids is 1. The Balaban J connectivity index is 2.12. The molecule has 1 amide bonds. The zero-order valence-corrected chi connectivity index (χ0v) is 9.36. The molecule has 2 rings (SSSR count). The van der Waals surface area contributed by atoms with Crippen LogP contribution in [0.5, 0.6) is 0 Å². The summed E-state index contributed by atoms with van der Waals surface area (Å²) in [4.78, 5) is 13.3. The van der Waals surface area contributed by atoms with Gasteiger partial charge in [-0.25, -0.2) is 0 Å². The molecule has 0 aliphatic carbocycles. The maximum absolute atomic E-state index is 11.2. The lowest BCUT2D eigenvalue weighted by Gasteiger charge is -2.19. The molecule has 4 nitrogen and oxygen atoms in total. The van der Waals surface area contributed by atoms with E-state index in [0.717, 1.165) is 29.9 Å². The van der Waals surface area contributed by atoms with Crippen molar-refractivity contribution in [2.24, 2.45) is 0 Å². The summed E-state index contributed by atoms with van der Waals surface area (Å²) < 4.78 is 0. The maximum atomic E-state index is 11.2. The summed E-state index contributed by atoms with van der Waals surface area (Å²) >= 11 is 0. The molecule has 1 aromatic carbocycles. The second-order valence-electron chi connectivity index (χ2n) is 4.07. The van der Waals surface area contributed by atoms with Gasteiger partial charge in [0.1, 0.15) is 0 Å². The molecule has 1 aliphatic rings. The number of carbonyl (C=O) groups is 1. The highest BCUT2D eigenvalue weighted by atomic mass is 16.3. The van der Waals surface area contributed by atoms with Gasteiger partial charge in [0, 0.05) is 31.6 Å². The smallest absolute Gasteiger partial charge is 0.228 e. The first-order valence-electron chi connectivity index (χ1n) is 5.45. The Morgan fingerprint density at radius 1 is 1.50 bits per heavy atom. The third kappa shape index (κ3) is 2.17. The molecule has 0 bridgehead atoms. The van der Waals surface area contributed by atoms with Crippen LogP contribution in [0.1, 0.15) is 12.0 Å². The molecule has 0 atom stereocenters. The first-order valence-corrected chi connectivity index (χ1v) is 5.45. The number of aliphatic hydroxyl groups is 1. The summed E-state index contributed by atoms with van der Waals surface area (Å²) in [6.45, 7) is 1.02. The van der Waals surface area contributed by atoms with Crippen LogP contribution >= 0.6 is 0 Å². The van der Waals surface area contributed by atoms with Crippen molar-refractivity contribution in [3.8, 4) is 0 Å². The molecule has 0 radical (unpaired) electrons. The normalized spacial score (nSPS) is 13.5. The number of fused-ring (bicyclic) bond motifs is 1. The predicted octanol–water partition coefficient (Wildman–Crippen LogP) is 1.000. The van der Waals surface area contributed by atoms with Crippen molar-refractivity contribution in [3.05, 3.63) is 23.8 Å². The SMILES string of the molecule is CN(CCCO)c1ccc2c(c1)CC(=O)N2. The molecule has 0 saturated carbocycles. The minimum Gasteiger partial charge on any atom is -0.396 e. The zero-order valence-electron chi connectivity index (χ0n) is 9.36. The molecular formula is C12H16N2O2. The lowest BCUT2D eigenvalue weighted by molar-refractivity contribution is -0.115. The number of nitrogens with one attached hydrogen (secondary N) is 1. The molecule has 86 valence electrons. The van der Waals surface area contributed by atoms with Gasteiger partial charge in [0.05, 0.1) is 6.42 Å². The highest BCUT2D eigenvalue weighted by molar-refractivity contribution is 5.99. The summed E-state index contributed by atoms with van der Waals surface area (Å²) in [5.41, 5.74) is 3.06. The Kier molecular flexibility index (Phi) is 3.10. The predicted molar refractivity (Wildman–Crippen MR) is 63.7 cm³/mol. The van der Waals surface area contributed by atoms with Gasteiger partial charge in [-0.3, -0.25) is 4.79 Å². The highest BCUT2D eigenvalue weighted by Gasteiger charge is 2.17. The molecular weight excluding hydrogens is 204 g/mol. The highest BCUT2D eigenvalue weighted by Crippen LogP contribution is 2.27. The van der Waals surface area contributed by atoms with Crippen LogP contribution in [0.2, 0.25) is 0 Å². The van der Waals surface area contributed by atoms with Crippen molar-refractivity contribution in [3.63, 3.8) is 0 Å². The van der Waals surface area contributed by atoms with E-state index in [1.54, 1.807) is 0 Å². The fraction of sp³-hybridized carbons (Fsp3) is 0.417. The van der Waals surface area contributed by atoms with Crippen molar-refractivity contribution in [2.75, 3.05) is 30.4 Å². The van der Waals surface area contributed by atoms with Crippen LogP contribution in [0, 0.1) is 0 Å². The fourth-order valence-electron chi connectivity index (χ4n) is 1.89. The third-order valence-corrected chi connectivity index (χ3v) is 2.81. The van der Waals surface area contributed by atoms with Crippen molar-refractivity contribution in [1.29, 1.82) is 0 Å². The summed E-state index contributed by atoms with van der Waals surface area (Å²) in [5, 5.41) is 11.6. The van der Waals surface area contributed by atoms with Crippen LogP contribution < -0.4 is 10.2 Å². The Labute approximate surface area is 94.9 Å². The van der Waals surface area contributed by atoms with Crippen LogP contribution in [0.25, 0.3) is 0 Å². The number of aliphatic hydroxyl groups excluding tert-OH is 1. The Hall–Kier alpha value is -1.55. The third-order valence-electron chi connectivity index (χ3n) is 2.81. The van der Waals surface area contributed by atoms with Crippen molar-refractivity contribution in [1.82, 2.24) is 0 Å². The average molecular weight is 220 g/mol. The summed E-state index contributed by atoms with van der Waals surface area (Å²) in [6, 6.07) is 5.96. The van der Waals surface area contributed by atoms with E-state index in [0.29, 0.717) is 6.42 Å². The van der Waals surface area contributed by atoms with E-state index in [-0.39, 0.29) is 12.5 Å². The lowest BCUT2D eigenvalue weighted by atomic mass is 10.1. The molecule has 1 aliphatic heterocycles. The minimum atomic E-state index is 0.0603. The van der Waals surface area contributed by atoms with Crippen LogP contribution in [0.3, 0.4) is 0 Å². The number of hydrogen-bond donors (Lipinski definition) is 2. The molecule has 0 saturated heterocycles. The Morgan fingerprint density at radius 2 is 2.31 bits per heavy atom. The van der Waals surface area contributed by atoms with Crippen LogP contribution in [0.15, 0.2) is 18.2 Å². The quantitative estimate of drug-likeness (QED) is 0.796. The Bertz CT molecular complexity index is 404. The van der Waals surface area contributed by atoms with Crippen molar-refractivity contribution in [2.45, 2.75) is 12.8 Å². The number of rotatable bonds is 4. The molecule has 0 fully saturated rings. The Morgan fingerprint density at radius 3 is 3.06 bits per heavy atom. The number of anilines is 2. The van der Waals surface area contributed by atoms with E-state index in [4.69, 9.17) is 5.11 Å². The van der Waals surface area contributed by atoms with Gasteiger partial charge in [-0.15, -0.1) is 0 Å². The number of benzene rings is 1. The van der Waals surface area contributed by atoms with E-state index in [9.17, 15) is 4.79 Å². The largest absolute Gasteiger partial charge is 0.396 e. The van der Waals surface area contributed by atoms with Gasteiger partial charge in [0.25, 0.3) is 0 Å². The van der Waals surface area contributed by atoms with Crippen LogP contribution in [0.4, 0.5) is 11.4 Å². The molecule has 2 N–H and O–H groups in total. The van der Waals surface area contributed by atoms with Crippen LogP contribution in [-0.4, -0.2) is 31.2 Å². The second kappa shape index (κ2) is 4.53. The molecule has 1 aromatic rings. The average Bonchev–Trinajstić information content (AvgIpc) is 2.64. The summed E-state index contributed by atoms with van der Waals surface area (Å²) in [7, 11) is 1.99. The zero-order chi connectivity index (χ0) is 11.5. The van der Waals surface area contributed by atoms with E-state index < -0.39 is 0 Å². The number of amides is 1. The van der Waals surface area contributed by atoms with Gasteiger partial charge < -0.3 is 15.3 Å². The minimum absolute atomic E-state index is 0.0603. The molecule has 4 heteroatoms. The van der Waals surface area contributed by atoms with Crippen molar-refractivity contribution < 1.29 is 9.90 Å². The molecule has 1 heterocycles. The molecule has 0 spiro atoms. The summed E-state index contributed by atoms with van der Waals surface area (Å²) in [5.74, 6) is 0.0603. The topological polar surface area (TPSA) is 52.6 Å². The van der Waals surface area contributed by atoms with E-state index >= 15 is 0 Å². The monoisotopic (exact) mass is 220 g/mol. The van der Waals surface area contributed by atoms with Crippen LogP contribution in [-0.2, 0) is 11.2 Å². The fourth-order valence-corrected chi connectivity index (χ4v) is 1.89. The van der Waals surface area contributed by atoms with Gasteiger partial charge in [-0.2, -0.15) is 0 Å². The summed E-state index contributed by atoms with van der Waals surface area (Å²) in [6.07, 6.45) is 1.22. The van der Waals surface area contributed by atoms with Gasteiger partial charge >= 0.3 is 0 Å².